The van der Waals surface area contributed by atoms with Crippen molar-refractivity contribution in [3.05, 3.63) is 78.3 Å². The van der Waals surface area contributed by atoms with Gasteiger partial charge in [0, 0.05) is 23.7 Å². The summed E-state index contributed by atoms with van der Waals surface area (Å²) < 4.78 is 16.0. The van der Waals surface area contributed by atoms with Gasteiger partial charge in [-0.1, -0.05) is 13.0 Å². The summed E-state index contributed by atoms with van der Waals surface area (Å²) in [6.45, 7) is 2.31. The number of hydrogen-bond donors (Lipinski definition) is 0. The average Bonchev–Trinajstić information content (AvgIpc) is 3.17. The van der Waals surface area contributed by atoms with E-state index >= 15 is 0 Å². The minimum atomic E-state index is -0.185. The zero-order chi connectivity index (χ0) is 19.1. The molecule has 0 aliphatic heterocycles. The Kier molecular flexibility index (Phi) is 4.34. The fourth-order valence-electron chi connectivity index (χ4n) is 4.94. The molecule has 1 aliphatic carbocycles. The Morgan fingerprint density at radius 2 is 1.89 bits per heavy atom. The second-order valence-electron chi connectivity index (χ2n) is 8.07. The molecule has 1 aliphatic rings. The van der Waals surface area contributed by atoms with E-state index in [1.807, 2.05) is 12.4 Å². The van der Waals surface area contributed by atoms with Gasteiger partial charge >= 0.3 is 0 Å². The number of rotatable bonds is 3. The molecule has 1 atom stereocenters. The predicted molar refractivity (Wildman–Crippen MR) is 110 cm³/mol. The molecular formula is C24H24FN3. The highest BCUT2D eigenvalue weighted by molar-refractivity contribution is 5.82. The summed E-state index contributed by atoms with van der Waals surface area (Å²) in [5, 5.41) is 0.971. The van der Waals surface area contributed by atoms with Gasteiger partial charge in [-0.15, -0.1) is 0 Å². The van der Waals surface area contributed by atoms with Gasteiger partial charge < -0.3 is 4.40 Å². The summed E-state index contributed by atoms with van der Waals surface area (Å²) >= 11 is 0. The maximum absolute atomic E-state index is 13.8. The molecule has 1 saturated carbocycles. The minimum Gasteiger partial charge on any atom is -0.304 e. The van der Waals surface area contributed by atoms with Gasteiger partial charge in [0.25, 0.3) is 0 Å². The number of pyridine rings is 2. The van der Waals surface area contributed by atoms with Crippen LogP contribution in [0.2, 0.25) is 0 Å². The molecular weight excluding hydrogens is 349 g/mol. The van der Waals surface area contributed by atoms with Crippen LogP contribution in [0.4, 0.5) is 4.39 Å². The molecule has 0 amide bonds. The van der Waals surface area contributed by atoms with Crippen LogP contribution in [-0.2, 0) is 0 Å². The van der Waals surface area contributed by atoms with E-state index in [0.29, 0.717) is 17.8 Å². The van der Waals surface area contributed by atoms with Crippen LogP contribution in [-0.4, -0.2) is 14.4 Å². The summed E-state index contributed by atoms with van der Waals surface area (Å²) in [5.74, 6) is 2.52. The fourth-order valence-corrected chi connectivity index (χ4v) is 4.94. The molecule has 1 fully saturated rings. The maximum atomic E-state index is 13.8. The number of imidazole rings is 1. The van der Waals surface area contributed by atoms with Gasteiger partial charge in [0.2, 0.25) is 0 Å². The van der Waals surface area contributed by atoms with E-state index in [9.17, 15) is 4.39 Å². The van der Waals surface area contributed by atoms with Gasteiger partial charge in [-0.05, 0) is 79.5 Å². The Labute approximate surface area is 164 Å². The van der Waals surface area contributed by atoms with Crippen LogP contribution < -0.4 is 0 Å². The first kappa shape index (κ1) is 17.4. The second-order valence-corrected chi connectivity index (χ2v) is 8.07. The Balaban J connectivity index is 1.36. The van der Waals surface area contributed by atoms with Crippen molar-refractivity contribution in [1.82, 2.24) is 14.4 Å². The molecule has 5 rings (SSSR count). The molecule has 142 valence electrons. The van der Waals surface area contributed by atoms with E-state index in [2.05, 4.69) is 46.8 Å². The highest BCUT2D eigenvalue weighted by atomic mass is 19.1. The van der Waals surface area contributed by atoms with Crippen molar-refractivity contribution >= 4 is 16.4 Å². The van der Waals surface area contributed by atoms with Crippen molar-refractivity contribution in [2.24, 2.45) is 5.92 Å². The molecule has 3 heterocycles. The maximum Gasteiger partial charge on any atom is 0.123 e. The molecule has 0 radical (unpaired) electrons. The smallest absolute Gasteiger partial charge is 0.123 e. The van der Waals surface area contributed by atoms with Crippen molar-refractivity contribution in [3.8, 4) is 0 Å². The summed E-state index contributed by atoms with van der Waals surface area (Å²) in [6, 6.07) is 13.2. The van der Waals surface area contributed by atoms with Crippen molar-refractivity contribution in [3.63, 3.8) is 0 Å². The molecule has 0 N–H and O–H groups in total. The molecule has 1 aromatic carbocycles. The number of fused-ring (bicyclic) bond motifs is 2. The lowest BCUT2D eigenvalue weighted by Crippen LogP contribution is -2.20. The summed E-state index contributed by atoms with van der Waals surface area (Å²) in [7, 11) is 0. The number of nitrogens with zero attached hydrogens (tertiary/aromatic N) is 3. The van der Waals surface area contributed by atoms with Gasteiger partial charge in [0.05, 0.1) is 17.2 Å². The third-order valence-corrected chi connectivity index (χ3v) is 6.53. The number of benzene rings is 1. The summed E-state index contributed by atoms with van der Waals surface area (Å²) in [6.07, 6.45) is 10.6. The van der Waals surface area contributed by atoms with Crippen molar-refractivity contribution in [1.29, 1.82) is 0 Å². The second kappa shape index (κ2) is 7.01. The third kappa shape index (κ3) is 2.97. The van der Waals surface area contributed by atoms with E-state index in [-0.39, 0.29) is 5.82 Å². The predicted octanol–water partition coefficient (Wildman–Crippen LogP) is 6.10. The lowest BCUT2D eigenvalue weighted by Gasteiger charge is -2.32. The van der Waals surface area contributed by atoms with Gasteiger partial charge in [-0.2, -0.15) is 0 Å². The highest BCUT2D eigenvalue weighted by Crippen LogP contribution is 2.43. The lowest BCUT2D eigenvalue weighted by molar-refractivity contribution is 0.285. The van der Waals surface area contributed by atoms with Gasteiger partial charge in [0.1, 0.15) is 11.6 Å². The zero-order valence-electron chi connectivity index (χ0n) is 16.1. The van der Waals surface area contributed by atoms with E-state index in [0.717, 1.165) is 35.1 Å². The molecule has 0 spiro atoms. The Hall–Kier alpha value is -2.75. The fraction of sp³-hybridized carbons (Fsp3) is 0.333. The first-order valence-electron chi connectivity index (χ1n) is 10.2. The van der Waals surface area contributed by atoms with Crippen LogP contribution in [0.1, 0.15) is 55.8 Å². The molecule has 4 aromatic rings. The molecule has 3 nitrogen and oxygen atoms in total. The first-order chi connectivity index (χ1) is 13.7. The van der Waals surface area contributed by atoms with E-state index in [1.54, 1.807) is 12.1 Å². The SMILES string of the molecule is C[C@@H](c1ncc2ccccn12)C1CCC(c2ccnc3ccc(F)cc23)CC1. The number of hydrogen-bond acceptors (Lipinski definition) is 2. The Morgan fingerprint density at radius 3 is 2.75 bits per heavy atom. The van der Waals surface area contributed by atoms with Crippen LogP contribution in [0.15, 0.2) is 61.1 Å². The molecule has 0 unspecified atom stereocenters. The normalized spacial score (nSPS) is 21.2. The first-order valence-corrected chi connectivity index (χ1v) is 10.2. The Bertz CT molecular complexity index is 1130. The number of aromatic nitrogens is 3. The van der Waals surface area contributed by atoms with Crippen molar-refractivity contribution in [2.75, 3.05) is 0 Å². The number of halogens is 1. The van der Waals surface area contributed by atoms with Crippen molar-refractivity contribution in [2.45, 2.75) is 44.4 Å². The van der Waals surface area contributed by atoms with Crippen LogP contribution in [0.3, 0.4) is 0 Å². The van der Waals surface area contributed by atoms with Gasteiger partial charge in [-0.3, -0.25) is 4.98 Å². The van der Waals surface area contributed by atoms with E-state index < -0.39 is 0 Å². The lowest BCUT2D eigenvalue weighted by atomic mass is 9.73. The highest BCUT2D eigenvalue weighted by Gasteiger charge is 2.29. The molecule has 0 saturated heterocycles. The van der Waals surface area contributed by atoms with E-state index in [1.165, 1.54) is 24.5 Å². The summed E-state index contributed by atoms with van der Waals surface area (Å²) in [5.41, 5.74) is 3.29. The van der Waals surface area contributed by atoms with Crippen LogP contribution in [0.5, 0.6) is 0 Å². The van der Waals surface area contributed by atoms with Crippen molar-refractivity contribution < 1.29 is 4.39 Å². The van der Waals surface area contributed by atoms with E-state index in [4.69, 9.17) is 4.98 Å². The van der Waals surface area contributed by atoms with Gasteiger partial charge in [0.15, 0.2) is 0 Å². The third-order valence-electron chi connectivity index (χ3n) is 6.53. The molecule has 3 aromatic heterocycles. The van der Waals surface area contributed by atoms with Crippen LogP contribution in [0.25, 0.3) is 16.4 Å². The minimum absolute atomic E-state index is 0.185. The molecule has 0 bridgehead atoms. The monoisotopic (exact) mass is 373 g/mol. The quantitative estimate of drug-likeness (QED) is 0.434. The zero-order valence-corrected chi connectivity index (χ0v) is 16.1. The Morgan fingerprint density at radius 1 is 1.04 bits per heavy atom. The van der Waals surface area contributed by atoms with Gasteiger partial charge in [-0.25, -0.2) is 9.37 Å². The molecule has 4 heteroatoms. The molecule has 28 heavy (non-hydrogen) atoms. The van der Waals surface area contributed by atoms with Crippen LogP contribution in [0, 0.1) is 11.7 Å². The topological polar surface area (TPSA) is 30.2 Å². The largest absolute Gasteiger partial charge is 0.304 e. The standard InChI is InChI=1S/C24H24FN3/c1-16(24-27-15-20-4-2-3-13-28(20)24)17-5-7-18(8-6-17)21-11-12-26-23-10-9-19(25)14-22(21)23/h2-4,9-18H,5-8H2,1H3/t16-,17?,18?/m1/s1. The summed E-state index contributed by atoms with van der Waals surface area (Å²) in [4.78, 5) is 9.12. The van der Waals surface area contributed by atoms with Crippen LogP contribution >= 0.6 is 0 Å². The average molecular weight is 373 g/mol.